The summed E-state index contributed by atoms with van der Waals surface area (Å²) in [5.74, 6) is 0.746. The highest BCUT2D eigenvalue weighted by molar-refractivity contribution is 6.31. The van der Waals surface area contributed by atoms with Crippen LogP contribution in [0.4, 0.5) is 0 Å². The van der Waals surface area contributed by atoms with Crippen LogP contribution in [-0.4, -0.2) is 24.9 Å². The van der Waals surface area contributed by atoms with Crippen LogP contribution in [-0.2, 0) is 0 Å². The average Bonchev–Trinajstić information content (AvgIpc) is 2.29. The monoisotopic (exact) mass is 257 g/mol. The van der Waals surface area contributed by atoms with E-state index in [4.69, 9.17) is 21.4 Å². The summed E-state index contributed by atoms with van der Waals surface area (Å²) in [6.07, 6.45) is 0.632. The van der Waals surface area contributed by atoms with Gasteiger partial charge in [0.1, 0.15) is 5.75 Å². The fourth-order valence-electron chi connectivity index (χ4n) is 1.62. The normalized spacial score (nSPS) is 12.5. The van der Waals surface area contributed by atoms with Gasteiger partial charge in [0, 0.05) is 24.1 Å². The molecule has 1 rings (SSSR count). The summed E-state index contributed by atoms with van der Waals surface area (Å²) < 4.78 is 5.46. The Morgan fingerprint density at radius 2 is 2.24 bits per heavy atom. The molecule has 0 aliphatic carbocycles. The van der Waals surface area contributed by atoms with Crippen molar-refractivity contribution in [3.63, 3.8) is 0 Å². The second-order valence-corrected chi connectivity index (χ2v) is 4.30. The number of aliphatic hydroxyl groups is 1. The third-order valence-electron chi connectivity index (χ3n) is 2.52. The lowest BCUT2D eigenvalue weighted by Gasteiger charge is -2.15. The van der Waals surface area contributed by atoms with Crippen molar-refractivity contribution in [1.82, 2.24) is 5.32 Å². The zero-order valence-electron chi connectivity index (χ0n) is 10.4. The molecule has 1 atom stereocenters. The molecule has 0 saturated carbocycles. The van der Waals surface area contributed by atoms with Gasteiger partial charge in [-0.1, -0.05) is 24.6 Å². The molecular weight excluding hydrogens is 238 g/mol. The van der Waals surface area contributed by atoms with Crippen LogP contribution >= 0.6 is 11.6 Å². The van der Waals surface area contributed by atoms with E-state index in [0.29, 0.717) is 18.1 Å². The van der Waals surface area contributed by atoms with Crippen LogP contribution in [0.2, 0.25) is 5.02 Å². The SMILES string of the molecule is CCNC(C)c1ccc(OCCCO)cc1Cl. The van der Waals surface area contributed by atoms with Gasteiger partial charge in [-0.3, -0.25) is 0 Å². The maximum atomic E-state index is 8.66. The zero-order chi connectivity index (χ0) is 12.7. The van der Waals surface area contributed by atoms with Crippen LogP contribution in [0.5, 0.6) is 5.75 Å². The molecule has 3 nitrogen and oxygen atoms in total. The molecule has 0 fully saturated rings. The third kappa shape index (κ3) is 4.54. The second kappa shape index (κ2) is 7.54. The smallest absolute Gasteiger partial charge is 0.120 e. The van der Waals surface area contributed by atoms with Gasteiger partial charge in [0.25, 0.3) is 0 Å². The van der Waals surface area contributed by atoms with Crippen molar-refractivity contribution in [2.75, 3.05) is 19.8 Å². The van der Waals surface area contributed by atoms with Crippen LogP contribution in [0.1, 0.15) is 31.9 Å². The lowest BCUT2D eigenvalue weighted by atomic mass is 10.1. The number of rotatable bonds is 7. The number of benzene rings is 1. The van der Waals surface area contributed by atoms with Gasteiger partial charge in [-0.25, -0.2) is 0 Å². The van der Waals surface area contributed by atoms with Gasteiger partial charge in [-0.05, 0) is 31.2 Å². The third-order valence-corrected chi connectivity index (χ3v) is 2.85. The van der Waals surface area contributed by atoms with Crippen molar-refractivity contribution in [1.29, 1.82) is 0 Å². The molecule has 2 N–H and O–H groups in total. The largest absolute Gasteiger partial charge is 0.493 e. The topological polar surface area (TPSA) is 41.5 Å². The number of ether oxygens (including phenoxy) is 1. The Kier molecular flexibility index (Phi) is 6.34. The molecule has 17 heavy (non-hydrogen) atoms. The lowest BCUT2D eigenvalue weighted by Crippen LogP contribution is -2.18. The first-order valence-corrected chi connectivity index (χ1v) is 6.33. The average molecular weight is 258 g/mol. The summed E-state index contributed by atoms with van der Waals surface area (Å²) in [6.45, 7) is 5.71. The van der Waals surface area contributed by atoms with Gasteiger partial charge in [-0.2, -0.15) is 0 Å². The second-order valence-electron chi connectivity index (χ2n) is 3.89. The molecule has 0 radical (unpaired) electrons. The van der Waals surface area contributed by atoms with Crippen molar-refractivity contribution < 1.29 is 9.84 Å². The molecule has 0 saturated heterocycles. The molecule has 96 valence electrons. The quantitative estimate of drug-likeness (QED) is 0.738. The molecule has 0 spiro atoms. The predicted octanol–water partition coefficient (Wildman–Crippen LogP) is 2.77. The molecule has 4 heteroatoms. The molecule has 0 amide bonds. The van der Waals surface area contributed by atoms with Crippen molar-refractivity contribution in [3.8, 4) is 5.75 Å². The highest BCUT2D eigenvalue weighted by atomic mass is 35.5. The number of nitrogens with one attached hydrogen (secondary N) is 1. The Morgan fingerprint density at radius 1 is 1.47 bits per heavy atom. The predicted molar refractivity (Wildman–Crippen MR) is 70.7 cm³/mol. The number of halogens is 1. The van der Waals surface area contributed by atoms with Crippen molar-refractivity contribution in [2.24, 2.45) is 0 Å². The van der Waals surface area contributed by atoms with Crippen LogP contribution in [0.3, 0.4) is 0 Å². The summed E-state index contributed by atoms with van der Waals surface area (Å²) >= 11 is 6.20. The number of hydrogen-bond acceptors (Lipinski definition) is 3. The zero-order valence-corrected chi connectivity index (χ0v) is 11.1. The van der Waals surface area contributed by atoms with Gasteiger partial charge in [0.15, 0.2) is 0 Å². The molecule has 1 unspecified atom stereocenters. The first kappa shape index (κ1) is 14.3. The molecular formula is C13H20ClNO2. The van der Waals surface area contributed by atoms with Crippen molar-refractivity contribution in [3.05, 3.63) is 28.8 Å². The van der Waals surface area contributed by atoms with Crippen molar-refractivity contribution in [2.45, 2.75) is 26.3 Å². The van der Waals surface area contributed by atoms with Crippen molar-refractivity contribution >= 4 is 11.6 Å². The van der Waals surface area contributed by atoms with E-state index < -0.39 is 0 Å². The van der Waals surface area contributed by atoms with Crippen LogP contribution in [0.15, 0.2) is 18.2 Å². The molecule has 0 aliphatic rings. The summed E-state index contributed by atoms with van der Waals surface area (Å²) in [6, 6.07) is 5.94. The highest BCUT2D eigenvalue weighted by Gasteiger charge is 2.09. The molecule has 0 aromatic heterocycles. The minimum atomic E-state index is 0.142. The van der Waals surface area contributed by atoms with E-state index in [1.807, 2.05) is 18.2 Å². The Balaban J connectivity index is 2.65. The standard InChI is InChI=1S/C13H20ClNO2/c1-3-15-10(2)12-6-5-11(9-13(12)14)17-8-4-7-16/h5-6,9-10,15-16H,3-4,7-8H2,1-2H3. The van der Waals surface area contributed by atoms with Gasteiger partial charge in [0.05, 0.1) is 6.61 Å². The Morgan fingerprint density at radius 3 is 2.82 bits per heavy atom. The molecule has 1 aromatic rings. The Labute approximate surface area is 108 Å². The van der Waals surface area contributed by atoms with Gasteiger partial charge < -0.3 is 15.2 Å². The van der Waals surface area contributed by atoms with Gasteiger partial charge in [-0.15, -0.1) is 0 Å². The maximum Gasteiger partial charge on any atom is 0.120 e. The van der Waals surface area contributed by atoms with Gasteiger partial charge >= 0.3 is 0 Å². The summed E-state index contributed by atoms with van der Waals surface area (Å²) in [5, 5.41) is 12.7. The van der Waals surface area contributed by atoms with E-state index in [9.17, 15) is 0 Å². The minimum Gasteiger partial charge on any atom is -0.493 e. The highest BCUT2D eigenvalue weighted by Crippen LogP contribution is 2.27. The van der Waals surface area contributed by atoms with E-state index in [2.05, 4.69) is 19.2 Å². The molecule has 0 bridgehead atoms. The summed E-state index contributed by atoms with van der Waals surface area (Å²) in [7, 11) is 0. The van der Waals surface area contributed by atoms with E-state index in [1.165, 1.54) is 0 Å². The van der Waals surface area contributed by atoms with E-state index in [1.54, 1.807) is 0 Å². The van der Waals surface area contributed by atoms with Gasteiger partial charge in [0.2, 0.25) is 0 Å². The van der Waals surface area contributed by atoms with E-state index in [-0.39, 0.29) is 12.6 Å². The minimum absolute atomic E-state index is 0.142. The first-order chi connectivity index (χ1) is 8.19. The summed E-state index contributed by atoms with van der Waals surface area (Å²) in [5.41, 5.74) is 1.07. The van der Waals surface area contributed by atoms with Crippen LogP contribution < -0.4 is 10.1 Å². The van der Waals surface area contributed by atoms with E-state index >= 15 is 0 Å². The number of aliphatic hydroxyl groups excluding tert-OH is 1. The lowest BCUT2D eigenvalue weighted by molar-refractivity contribution is 0.233. The molecule has 1 aromatic carbocycles. The molecule has 0 heterocycles. The first-order valence-electron chi connectivity index (χ1n) is 5.95. The van der Waals surface area contributed by atoms with E-state index in [0.717, 1.165) is 17.9 Å². The Hall–Kier alpha value is -0.770. The Bertz CT molecular complexity index is 344. The fourth-order valence-corrected chi connectivity index (χ4v) is 1.95. The number of hydrogen-bond donors (Lipinski definition) is 2. The fraction of sp³-hybridized carbons (Fsp3) is 0.538. The van der Waals surface area contributed by atoms with Crippen LogP contribution in [0, 0.1) is 0 Å². The maximum absolute atomic E-state index is 8.66. The molecule has 0 aliphatic heterocycles. The summed E-state index contributed by atoms with van der Waals surface area (Å²) in [4.78, 5) is 0. The van der Waals surface area contributed by atoms with Crippen LogP contribution in [0.25, 0.3) is 0 Å².